The fraction of sp³-hybridized carbons (Fsp3) is 0.462. The molecule has 0 saturated carbocycles. The van der Waals surface area contributed by atoms with Gasteiger partial charge in [0.2, 0.25) is 0 Å². The molecule has 1 heterocycles. The normalized spacial score (nSPS) is 11.1. The second-order valence-electron chi connectivity index (χ2n) is 3.80. The van der Waals surface area contributed by atoms with Crippen LogP contribution in [0, 0.1) is 13.8 Å². The molecule has 17 heavy (non-hydrogen) atoms. The first kappa shape index (κ1) is 13.5. The Kier molecular flexibility index (Phi) is 4.97. The smallest absolute Gasteiger partial charge is 0.355 e. The number of carbonyl (C=O) groups excluding carboxylic acids is 1. The molecule has 0 spiro atoms. The first-order valence-electron chi connectivity index (χ1n) is 5.75. The molecule has 4 nitrogen and oxygen atoms in total. The van der Waals surface area contributed by atoms with E-state index in [1.807, 2.05) is 26.0 Å². The van der Waals surface area contributed by atoms with Crippen LogP contribution in [0.25, 0.3) is 6.08 Å². The molecule has 1 rings (SSSR count). The number of hydrogen-bond donors (Lipinski definition) is 2. The summed E-state index contributed by atoms with van der Waals surface area (Å²) >= 11 is 0. The standard InChI is InChI=1S/C13H19NO3/c1-4-17-13(16)12-9(2)11(10(3)14-12)7-5-6-8-15/h5,7,14-15H,4,6,8H2,1-3H3. The molecule has 0 fully saturated rings. The highest BCUT2D eigenvalue weighted by atomic mass is 16.5. The van der Waals surface area contributed by atoms with Crippen LogP contribution in [0.3, 0.4) is 0 Å². The Labute approximate surface area is 101 Å². The summed E-state index contributed by atoms with van der Waals surface area (Å²) < 4.78 is 4.97. The van der Waals surface area contributed by atoms with Crippen LogP contribution in [0.4, 0.5) is 0 Å². The maximum Gasteiger partial charge on any atom is 0.355 e. The highest BCUT2D eigenvalue weighted by Crippen LogP contribution is 2.20. The molecular formula is C13H19NO3. The molecule has 0 aliphatic rings. The lowest BCUT2D eigenvalue weighted by molar-refractivity contribution is 0.0519. The second kappa shape index (κ2) is 6.25. The van der Waals surface area contributed by atoms with Gasteiger partial charge in [-0.3, -0.25) is 0 Å². The van der Waals surface area contributed by atoms with Crippen molar-refractivity contribution in [3.63, 3.8) is 0 Å². The molecule has 0 unspecified atom stereocenters. The molecule has 1 aromatic heterocycles. The number of H-pyrrole nitrogens is 1. The van der Waals surface area contributed by atoms with Crippen molar-refractivity contribution in [3.8, 4) is 0 Å². The van der Waals surface area contributed by atoms with Crippen LogP contribution in [0.15, 0.2) is 6.08 Å². The van der Waals surface area contributed by atoms with Crippen molar-refractivity contribution < 1.29 is 14.6 Å². The van der Waals surface area contributed by atoms with E-state index >= 15 is 0 Å². The van der Waals surface area contributed by atoms with Crippen molar-refractivity contribution >= 4 is 12.0 Å². The predicted molar refractivity (Wildman–Crippen MR) is 67.0 cm³/mol. The Balaban J connectivity index is 2.97. The third-order valence-electron chi connectivity index (χ3n) is 2.56. The van der Waals surface area contributed by atoms with E-state index in [1.54, 1.807) is 6.92 Å². The van der Waals surface area contributed by atoms with Gasteiger partial charge in [0.25, 0.3) is 0 Å². The van der Waals surface area contributed by atoms with Crippen molar-refractivity contribution in [3.05, 3.63) is 28.6 Å². The van der Waals surface area contributed by atoms with E-state index in [4.69, 9.17) is 9.84 Å². The van der Waals surface area contributed by atoms with E-state index in [0.29, 0.717) is 18.7 Å². The monoisotopic (exact) mass is 237 g/mol. The number of carbonyl (C=O) groups is 1. The van der Waals surface area contributed by atoms with Gasteiger partial charge >= 0.3 is 5.97 Å². The molecule has 0 amide bonds. The van der Waals surface area contributed by atoms with Gasteiger partial charge in [-0.25, -0.2) is 4.79 Å². The Morgan fingerprint density at radius 3 is 2.76 bits per heavy atom. The minimum absolute atomic E-state index is 0.129. The number of aryl methyl sites for hydroxylation is 1. The SMILES string of the molecule is CCOC(=O)c1[nH]c(C)c(C=CCCO)c1C. The van der Waals surface area contributed by atoms with E-state index in [1.165, 1.54) is 0 Å². The quantitative estimate of drug-likeness (QED) is 0.772. The van der Waals surface area contributed by atoms with Crippen molar-refractivity contribution in [1.82, 2.24) is 4.98 Å². The lowest BCUT2D eigenvalue weighted by Crippen LogP contribution is -2.06. The molecule has 0 bridgehead atoms. The fourth-order valence-corrected chi connectivity index (χ4v) is 1.70. The largest absolute Gasteiger partial charge is 0.461 e. The van der Waals surface area contributed by atoms with Gasteiger partial charge < -0.3 is 14.8 Å². The lowest BCUT2D eigenvalue weighted by atomic mass is 10.1. The summed E-state index contributed by atoms with van der Waals surface area (Å²) in [5.74, 6) is -0.324. The molecule has 0 aliphatic heterocycles. The van der Waals surface area contributed by atoms with Crippen molar-refractivity contribution in [1.29, 1.82) is 0 Å². The van der Waals surface area contributed by atoms with Crippen LogP contribution >= 0.6 is 0 Å². The van der Waals surface area contributed by atoms with Gasteiger partial charge in [0.15, 0.2) is 0 Å². The topological polar surface area (TPSA) is 62.3 Å². The zero-order valence-electron chi connectivity index (χ0n) is 10.5. The van der Waals surface area contributed by atoms with Crippen molar-refractivity contribution in [2.24, 2.45) is 0 Å². The van der Waals surface area contributed by atoms with Crippen LogP contribution in [0.5, 0.6) is 0 Å². The molecular weight excluding hydrogens is 218 g/mol. The van der Waals surface area contributed by atoms with E-state index < -0.39 is 0 Å². The Morgan fingerprint density at radius 2 is 2.18 bits per heavy atom. The Morgan fingerprint density at radius 1 is 1.47 bits per heavy atom. The highest BCUT2D eigenvalue weighted by molar-refractivity contribution is 5.90. The van der Waals surface area contributed by atoms with Crippen LogP contribution in [0.2, 0.25) is 0 Å². The summed E-state index contributed by atoms with van der Waals surface area (Å²) in [5, 5.41) is 8.71. The number of aromatic nitrogens is 1. The van der Waals surface area contributed by atoms with Crippen molar-refractivity contribution in [2.75, 3.05) is 13.2 Å². The number of rotatable bonds is 5. The van der Waals surface area contributed by atoms with E-state index in [0.717, 1.165) is 16.8 Å². The fourth-order valence-electron chi connectivity index (χ4n) is 1.70. The van der Waals surface area contributed by atoms with Gasteiger partial charge in [-0.1, -0.05) is 12.2 Å². The number of hydrogen-bond acceptors (Lipinski definition) is 3. The number of aliphatic hydroxyl groups is 1. The molecule has 2 N–H and O–H groups in total. The maximum absolute atomic E-state index is 11.6. The third kappa shape index (κ3) is 3.20. The lowest BCUT2D eigenvalue weighted by Gasteiger charge is -2.00. The summed E-state index contributed by atoms with van der Waals surface area (Å²) in [4.78, 5) is 14.7. The zero-order valence-corrected chi connectivity index (χ0v) is 10.5. The molecule has 4 heteroatoms. The van der Waals surface area contributed by atoms with Gasteiger partial charge in [-0.15, -0.1) is 0 Å². The first-order valence-corrected chi connectivity index (χ1v) is 5.75. The average molecular weight is 237 g/mol. The average Bonchev–Trinajstić information content (AvgIpc) is 2.57. The Hall–Kier alpha value is -1.55. The van der Waals surface area contributed by atoms with Crippen molar-refractivity contribution in [2.45, 2.75) is 27.2 Å². The number of nitrogens with one attached hydrogen (secondary N) is 1. The van der Waals surface area contributed by atoms with Gasteiger partial charge in [0.05, 0.1) is 6.61 Å². The van der Waals surface area contributed by atoms with Crippen LogP contribution < -0.4 is 0 Å². The summed E-state index contributed by atoms with van der Waals surface area (Å²) in [6, 6.07) is 0. The zero-order chi connectivity index (χ0) is 12.8. The highest BCUT2D eigenvalue weighted by Gasteiger charge is 2.16. The summed E-state index contributed by atoms with van der Waals surface area (Å²) in [6.45, 7) is 6.07. The van der Waals surface area contributed by atoms with Gasteiger partial charge in [-0.05, 0) is 38.3 Å². The molecule has 0 atom stereocenters. The van der Waals surface area contributed by atoms with Gasteiger partial charge in [0.1, 0.15) is 5.69 Å². The molecule has 0 saturated heterocycles. The molecule has 0 aromatic carbocycles. The summed E-state index contributed by atoms with van der Waals surface area (Å²) in [6.07, 6.45) is 4.41. The minimum atomic E-state index is -0.324. The molecule has 0 aliphatic carbocycles. The summed E-state index contributed by atoms with van der Waals surface area (Å²) in [5.41, 5.74) is 3.31. The molecule has 1 aromatic rings. The van der Waals surface area contributed by atoms with Crippen LogP contribution in [-0.2, 0) is 4.74 Å². The van der Waals surface area contributed by atoms with E-state index in [9.17, 15) is 4.79 Å². The maximum atomic E-state index is 11.6. The first-order chi connectivity index (χ1) is 8.11. The Bertz CT molecular complexity index is 419. The number of aromatic amines is 1. The van der Waals surface area contributed by atoms with E-state index in [2.05, 4.69) is 4.98 Å². The van der Waals surface area contributed by atoms with Gasteiger partial charge in [-0.2, -0.15) is 0 Å². The number of esters is 1. The second-order valence-corrected chi connectivity index (χ2v) is 3.80. The number of ether oxygens (including phenoxy) is 1. The third-order valence-corrected chi connectivity index (χ3v) is 2.56. The van der Waals surface area contributed by atoms with Gasteiger partial charge in [0, 0.05) is 12.3 Å². The molecule has 94 valence electrons. The molecule has 0 radical (unpaired) electrons. The predicted octanol–water partition coefficient (Wildman–Crippen LogP) is 2.20. The van der Waals surface area contributed by atoms with Crippen LogP contribution in [0.1, 0.15) is 40.7 Å². The summed E-state index contributed by atoms with van der Waals surface area (Å²) in [7, 11) is 0. The minimum Gasteiger partial charge on any atom is -0.461 e. The number of aliphatic hydroxyl groups excluding tert-OH is 1. The van der Waals surface area contributed by atoms with E-state index in [-0.39, 0.29) is 12.6 Å². The van der Waals surface area contributed by atoms with Crippen LogP contribution in [-0.4, -0.2) is 29.3 Å².